The summed E-state index contributed by atoms with van der Waals surface area (Å²) < 4.78 is 0. The van der Waals surface area contributed by atoms with Gasteiger partial charge in [-0.2, -0.15) is 0 Å². The molecular weight excluding hydrogens is 288 g/mol. The van der Waals surface area contributed by atoms with Crippen LogP contribution in [0.4, 0.5) is 11.4 Å². The smallest absolute Gasteiger partial charge is 0.276 e. The number of nitrogens with one attached hydrogen (secondary N) is 1. The number of nitrogens with zero attached hydrogens (tertiary/aromatic N) is 3. The first-order valence-corrected chi connectivity index (χ1v) is 7.75. The predicted molar refractivity (Wildman–Crippen MR) is 95.1 cm³/mol. The predicted octanol–water partition coefficient (Wildman–Crippen LogP) is 2.72. The monoisotopic (exact) mass is 312 g/mol. The van der Waals surface area contributed by atoms with Crippen molar-refractivity contribution in [2.24, 2.45) is 0 Å². The minimum absolute atomic E-state index is 0.117. The highest BCUT2D eigenvalue weighted by atomic mass is 16.2. The van der Waals surface area contributed by atoms with Gasteiger partial charge in [0.05, 0.1) is 0 Å². The van der Waals surface area contributed by atoms with Crippen LogP contribution in [0.1, 0.15) is 16.9 Å². The number of anilines is 2. The van der Waals surface area contributed by atoms with E-state index in [0.29, 0.717) is 5.69 Å². The fraction of sp³-hybridized carbons (Fsp3) is 0.333. The maximum absolute atomic E-state index is 12.5. The second-order valence-electron chi connectivity index (χ2n) is 5.71. The van der Waals surface area contributed by atoms with E-state index in [1.54, 1.807) is 24.2 Å². The van der Waals surface area contributed by atoms with Crippen LogP contribution in [0.15, 0.2) is 48.7 Å². The number of hydrogen-bond donors (Lipinski definition) is 1. The molecule has 0 saturated heterocycles. The summed E-state index contributed by atoms with van der Waals surface area (Å²) in [4.78, 5) is 20.5. The van der Waals surface area contributed by atoms with Crippen LogP contribution in [-0.4, -0.2) is 50.0 Å². The fourth-order valence-corrected chi connectivity index (χ4v) is 2.23. The average Bonchev–Trinajstić information content (AvgIpc) is 2.58. The lowest BCUT2D eigenvalue weighted by Crippen LogP contribution is -2.27. The zero-order valence-corrected chi connectivity index (χ0v) is 14.0. The third-order valence-corrected chi connectivity index (χ3v) is 3.54. The third kappa shape index (κ3) is 5.07. The summed E-state index contributed by atoms with van der Waals surface area (Å²) in [6.07, 6.45) is 2.71. The molecule has 0 aliphatic rings. The zero-order valence-electron chi connectivity index (χ0n) is 14.0. The van der Waals surface area contributed by atoms with E-state index in [-0.39, 0.29) is 5.91 Å². The highest BCUT2D eigenvalue weighted by Gasteiger charge is 2.14. The maximum atomic E-state index is 12.5. The highest BCUT2D eigenvalue weighted by molar-refractivity contribution is 6.04. The molecule has 1 aromatic carbocycles. The van der Waals surface area contributed by atoms with Gasteiger partial charge in [-0.1, -0.05) is 18.2 Å². The van der Waals surface area contributed by atoms with Gasteiger partial charge >= 0.3 is 0 Å². The number of hydrogen-bond acceptors (Lipinski definition) is 4. The van der Waals surface area contributed by atoms with E-state index in [9.17, 15) is 4.79 Å². The number of amides is 1. The van der Waals surface area contributed by atoms with Crippen LogP contribution >= 0.6 is 0 Å². The molecule has 1 amide bonds. The van der Waals surface area contributed by atoms with Crippen LogP contribution in [0.5, 0.6) is 0 Å². The Kier molecular flexibility index (Phi) is 6.11. The van der Waals surface area contributed by atoms with Crippen molar-refractivity contribution in [2.45, 2.75) is 6.42 Å². The molecule has 0 bridgehead atoms. The molecule has 0 fully saturated rings. The Labute approximate surface area is 137 Å². The van der Waals surface area contributed by atoms with Crippen molar-refractivity contribution in [1.82, 2.24) is 9.88 Å². The van der Waals surface area contributed by atoms with Crippen LogP contribution in [0.3, 0.4) is 0 Å². The molecule has 2 aromatic rings. The van der Waals surface area contributed by atoms with E-state index in [1.807, 2.05) is 36.4 Å². The number of benzene rings is 1. The summed E-state index contributed by atoms with van der Waals surface area (Å²) in [5.41, 5.74) is 2.21. The molecule has 0 unspecified atom stereocenters. The summed E-state index contributed by atoms with van der Waals surface area (Å²) in [6.45, 7) is 1.89. The van der Waals surface area contributed by atoms with E-state index >= 15 is 0 Å². The van der Waals surface area contributed by atoms with Crippen LogP contribution < -0.4 is 10.2 Å². The maximum Gasteiger partial charge on any atom is 0.276 e. The van der Waals surface area contributed by atoms with Crippen molar-refractivity contribution in [1.29, 1.82) is 0 Å². The van der Waals surface area contributed by atoms with Gasteiger partial charge in [0.2, 0.25) is 0 Å². The Balaban J connectivity index is 2.00. The average molecular weight is 312 g/mol. The van der Waals surface area contributed by atoms with E-state index in [2.05, 4.69) is 29.3 Å². The lowest BCUT2D eigenvalue weighted by molar-refractivity contribution is 0.0988. The minimum Gasteiger partial charge on any atom is -0.385 e. The van der Waals surface area contributed by atoms with Gasteiger partial charge in [0.25, 0.3) is 5.91 Å². The van der Waals surface area contributed by atoms with Crippen molar-refractivity contribution in [3.05, 3.63) is 54.4 Å². The van der Waals surface area contributed by atoms with Crippen LogP contribution in [0.25, 0.3) is 0 Å². The van der Waals surface area contributed by atoms with Crippen molar-refractivity contribution < 1.29 is 4.79 Å². The van der Waals surface area contributed by atoms with Gasteiger partial charge in [-0.05, 0) is 51.3 Å². The standard InChI is InChI=1S/C18H24N4O/c1-21(2)13-7-11-19-15-10-12-20-17(14-15)18(23)22(3)16-8-5-4-6-9-16/h4-6,8-10,12,14H,7,11,13H2,1-3H3,(H,19,20). The molecule has 122 valence electrons. The van der Waals surface area contributed by atoms with Crippen LogP contribution in [0.2, 0.25) is 0 Å². The van der Waals surface area contributed by atoms with E-state index in [4.69, 9.17) is 0 Å². The third-order valence-electron chi connectivity index (χ3n) is 3.54. The molecule has 1 N–H and O–H groups in total. The molecule has 5 nitrogen and oxygen atoms in total. The van der Waals surface area contributed by atoms with Gasteiger partial charge in [0.15, 0.2) is 0 Å². The Morgan fingerprint density at radius 1 is 1.13 bits per heavy atom. The number of para-hydroxylation sites is 1. The second kappa shape index (κ2) is 8.29. The number of pyridine rings is 1. The molecule has 1 heterocycles. The van der Waals surface area contributed by atoms with Crippen molar-refractivity contribution >= 4 is 17.3 Å². The van der Waals surface area contributed by atoms with E-state index < -0.39 is 0 Å². The normalized spacial score (nSPS) is 10.6. The summed E-state index contributed by atoms with van der Waals surface area (Å²) in [7, 11) is 5.88. The number of carbonyl (C=O) groups is 1. The van der Waals surface area contributed by atoms with Crippen LogP contribution in [-0.2, 0) is 0 Å². The molecule has 5 heteroatoms. The van der Waals surface area contributed by atoms with Gasteiger partial charge in [0.1, 0.15) is 5.69 Å². The minimum atomic E-state index is -0.117. The van der Waals surface area contributed by atoms with Gasteiger partial charge in [-0.3, -0.25) is 9.78 Å². The molecular formula is C18H24N4O. The highest BCUT2D eigenvalue weighted by Crippen LogP contribution is 2.15. The van der Waals surface area contributed by atoms with Crippen molar-refractivity contribution in [3.63, 3.8) is 0 Å². The number of carbonyl (C=O) groups excluding carboxylic acids is 1. The number of aromatic nitrogens is 1. The Hall–Kier alpha value is -2.40. The molecule has 2 rings (SSSR count). The first kappa shape index (κ1) is 17.0. The first-order chi connectivity index (χ1) is 11.1. The summed E-state index contributed by atoms with van der Waals surface area (Å²) in [5, 5.41) is 3.34. The first-order valence-electron chi connectivity index (χ1n) is 7.75. The molecule has 1 aromatic heterocycles. The van der Waals surface area contributed by atoms with Crippen molar-refractivity contribution in [2.75, 3.05) is 44.4 Å². The molecule has 0 aliphatic heterocycles. The van der Waals surface area contributed by atoms with Gasteiger partial charge in [-0.25, -0.2) is 0 Å². The summed E-state index contributed by atoms with van der Waals surface area (Å²) in [6, 6.07) is 13.2. The topological polar surface area (TPSA) is 48.5 Å². The molecule has 0 atom stereocenters. The quantitative estimate of drug-likeness (QED) is 0.799. The van der Waals surface area contributed by atoms with Gasteiger partial charge in [-0.15, -0.1) is 0 Å². The lowest BCUT2D eigenvalue weighted by atomic mass is 10.2. The van der Waals surface area contributed by atoms with E-state index in [1.165, 1.54) is 0 Å². The molecule has 0 aliphatic carbocycles. The second-order valence-corrected chi connectivity index (χ2v) is 5.71. The molecule has 0 radical (unpaired) electrons. The fourth-order valence-electron chi connectivity index (χ4n) is 2.23. The molecule has 0 spiro atoms. The Morgan fingerprint density at radius 2 is 1.87 bits per heavy atom. The molecule has 23 heavy (non-hydrogen) atoms. The lowest BCUT2D eigenvalue weighted by Gasteiger charge is -2.17. The van der Waals surface area contributed by atoms with Crippen molar-refractivity contribution in [3.8, 4) is 0 Å². The Bertz CT molecular complexity index is 628. The summed E-state index contributed by atoms with van der Waals surface area (Å²) >= 11 is 0. The number of rotatable bonds is 7. The van der Waals surface area contributed by atoms with Gasteiger partial charge in [0, 0.05) is 31.2 Å². The van der Waals surface area contributed by atoms with Crippen LogP contribution in [0, 0.1) is 0 Å². The van der Waals surface area contributed by atoms with Gasteiger partial charge < -0.3 is 15.1 Å². The zero-order chi connectivity index (χ0) is 16.7. The summed E-state index contributed by atoms with van der Waals surface area (Å²) in [5.74, 6) is -0.117. The SMILES string of the molecule is CN(C)CCCNc1ccnc(C(=O)N(C)c2ccccc2)c1. The molecule has 0 saturated carbocycles. The van der Waals surface area contributed by atoms with E-state index in [0.717, 1.165) is 30.9 Å². The Morgan fingerprint density at radius 3 is 2.57 bits per heavy atom. The largest absolute Gasteiger partial charge is 0.385 e.